The van der Waals surface area contributed by atoms with Gasteiger partial charge in [-0.1, -0.05) is 47.1 Å². The highest BCUT2D eigenvalue weighted by Crippen LogP contribution is 2.19. The Labute approximate surface area is 104 Å². The molecule has 1 unspecified atom stereocenters. The van der Waals surface area contributed by atoms with Crippen molar-refractivity contribution in [1.82, 2.24) is 0 Å². The molecule has 0 aliphatic rings. The van der Waals surface area contributed by atoms with Gasteiger partial charge in [-0.2, -0.15) is 0 Å². The predicted octanol–water partition coefficient (Wildman–Crippen LogP) is 2.33. The van der Waals surface area contributed by atoms with Gasteiger partial charge in [0.2, 0.25) is 0 Å². The number of ketones is 1. The van der Waals surface area contributed by atoms with Gasteiger partial charge in [-0.3, -0.25) is 4.79 Å². The van der Waals surface area contributed by atoms with E-state index >= 15 is 0 Å². The summed E-state index contributed by atoms with van der Waals surface area (Å²) in [5, 5.41) is 0. The second kappa shape index (κ2) is 5.10. The van der Waals surface area contributed by atoms with Crippen LogP contribution in [0.2, 0.25) is 0 Å². The number of aryl methyl sites for hydroxylation is 1. The zero-order valence-electron chi connectivity index (χ0n) is 9.10. The van der Waals surface area contributed by atoms with Crippen molar-refractivity contribution in [2.75, 3.05) is 5.75 Å². The number of carbonyl (C=O) groups is 1. The predicted molar refractivity (Wildman–Crippen MR) is 67.7 cm³/mol. The van der Waals surface area contributed by atoms with Gasteiger partial charge in [-0.05, 0) is 12.5 Å². The lowest BCUT2D eigenvalue weighted by Crippen LogP contribution is -2.26. The van der Waals surface area contributed by atoms with Crippen LogP contribution in [-0.2, 0) is 9.84 Å². The Morgan fingerprint density at radius 1 is 1.38 bits per heavy atom. The van der Waals surface area contributed by atoms with Crippen molar-refractivity contribution in [2.24, 2.45) is 0 Å². The number of hydrogen-bond donors (Lipinski definition) is 0. The van der Waals surface area contributed by atoms with Crippen LogP contribution in [0, 0.1) is 6.92 Å². The third-order valence-electron chi connectivity index (χ3n) is 2.33. The molecule has 0 amide bonds. The molecule has 0 saturated heterocycles. The topological polar surface area (TPSA) is 51.2 Å². The van der Waals surface area contributed by atoms with Crippen molar-refractivity contribution in [3.8, 4) is 0 Å². The lowest BCUT2D eigenvalue weighted by atomic mass is 10.1. The second-order valence-corrected chi connectivity index (χ2v) is 7.34. The van der Waals surface area contributed by atoms with E-state index in [4.69, 9.17) is 0 Å². The van der Waals surface area contributed by atoms with Crippen LogP contribution in [0.15, 0.2) is 24.3 Å². The lowest BCUT2D eigenvalue weighted by Gasteiger charge is -2.10. The number of sulfone groups is 1. The van der Waals surface area contributed by atoms with Crippen molar-refractivity contribution in [2.45, 2.75) is 18.0 Å². The van der Waals surface area contributed by atoms with Crippen LogP contribution >= 0.6 is 15.9 Å². The molecule has 0 spiro atoms. The number of benzene rings is 1. The summed E-state index contributed by atoms with van der Waals surface area (Å²) in [7, 11) is -3.40. The van der Waals surface area contributed by atoms with Crippen molar-refractivity contribution in [3.63, 3.8) is 0 Å². The monoisotopic (exact) mass is 304 g/mol. The van der Waals surface area contributed by atoms with Gasteiger partial charge in [0.15, 0.2) is 19.8 Å². The van der Waals surface area contributed by atoms with Crippen molar-refractivity contribution < 1.29 is 13.2 Å². The van der Waals surface area contributed by atoms with Gasteiger partial charge in [-0.15, -0.1) is 0 Å². The number of Topliss-reactive ketones (excluding diaryl/α,β-unsaturated/α-hetero) is 1. The van der Waals surface area contributed by atoms with Crippen LogP contribution in [-0.4, -0.2) is 24.1 Å². The molecule has 0 heterocycles. The highest BCUT2D eigenvalue weighted by Gasteiger charge is 2.29. The van der Waals surface area contributed by atoms with Gasteiger partial charge >= 0.3 is 0 Å². The Balaban J connectivity index is 3.10. The highest BCUT2D eigenvalue weighted by atomic mass is 79.9. The van der Waals surface area contributed by atoms with Gasteiger partial charge in [0.25, 0.3) is 0 Å². The first kappa shape index (κ1) is 13.4. The molecule has 0 N–H and O–H groups in total. The molecule has 3 nitrogen and oxygen atoms in total. The van der Waals surface area contributed by atoms with E-state index in [1.165, 1.54) is 6.92 Å². The molecule has 0 radical (unpaired) electrons. The molecule has 0 aromatic heterocycles. The minimum Gasteiger partial charge on any atom is -0.292 e. The van der Waals surface area contributed by atoms with Gasteiger partial charge in [0.05, 0.1) is 0 Å². The van der Waals surface area contributed by atoms with E-state index in [1.807, 2.05) is 6.07 Å². The third-order valence-corrected chi connectivity index (χ3v) is 6.11. The maximum Gasteiger partial charge on any atom is 0.191 e. The highest BCUT2D eigenvalue weighted by molar-refractivity contribution is 9.11. The molecule has 0 aliphatic heterocycles. The Morgan fingerprint density at radius 3 is 2.44 bits per heavy atom. The van der Waals surface area contributed by atoms with Crippen LogP contribution in [0.25, 0.3) is 0 Å². The van der Waals surface area contributed by atoms with Crippen LogP contribution < -0.4 is 0 Å². The number of alkyl halides is 1. The summed E-state index contributed by atoms with van der Waals surface area (Å²) < 4.78 is 22.0. The second-order valence-electron chi connectivity index (χ2n) is 3.45. The SMILES string of the molecule is CCS(=O)(=O)C(Br)C(=O)c1ccccc1C. The molecule has 0 fully saturated rings. The number of halogens is 1. The summed E-state index contributed by atoms with van der Waals surface area (Å²) in [5.74, 6) is -0.458. The largest absolute Gasteiger partial charge is 0.292 e. The fourth-order valence-corrected chi connectivity index (χ4v) is 3.07. The average Bonchev–Trinajstić information content (AvgIpc) is 2.27. The minimum atomic E-state index is -3.40. The van der Waals surface area contributed by atoms with Crippen LogP contribution in [0.3, 0.4) is 0 Å². The molecule has 0 bridgehead atoms. The summed E-state index contributed by atoms with van der Waals surface area (Å²) in [6.45, 7) is 3.31. The number of hydrogen-bond acceptors (Lipinski definition) is 3. The molecular weight excluding hydrogens is 292 g/mol. The third kappa shape index (κ3) is 2.71. The number of carbonyl (C=O) groups excluding carboxylic acids is 1. The summed E-state index contributed by atoms with van der Waals surface area (Å²) in [5.41, 5.74) is 1.23. The summed E-state index contributed by atoms with van der Waals surface area (Å²) in [6.07, 6.45) is 0. The van der Waals surface area contributed by atoms with Crippen molar-refractivity contribution in [3.05, 3.63) is 35.4 Å². The van der Waals surface area contributed by atoms with E-state index in [-0.39, 0.29) is 5.75 Å². The van der Waals surface area contributed by atoms with Crippen molar-refractivity contribution >= 4 is 31.6 Å². The van der Waals surface area contributed by atoms with E-state index in [9.17, 15) is 13.2 Å². The molecule has 1 atom stereocenters. The first-order valence-corrected chi connectivity index (χ1v) is 7.48. The molecule has 1 aromatic rings. The van der Waals surface area contributed by atoms with E-state index in [0.29, 0.717) is 5.56 Å². The standard InChI is InChI=1S/C11H13BrO3S/c1-3-16(14,15)11(12)10(13)9-7-5-4-6-8(9)2/h4-7,11H,3H2,1-2H3. The molecule has 88 valence electrons. The van der Waals surface area contributed by atoms with Crippen molar-refractivity contribution in [1.29, 1.82) is 0 Å². The quantitative estimate of drug-likeness (QED) is 0.634. The first-order valence-electron chi connectivity index (χ1n) is 4.85. The Morgan fingerprint density at radius 2 is 1.94 bits per heavy atom. The maximum atomic E-state index is 11.9. The normalized spacial score (nSPS) is 13.4. The molecule has 1 rings (SSSR count). The molecule has 0 saturated carbocycles. The molecule has 5 heteroatoms. The summed E-state index contributed by atoms with van der Waals surface area (Å²) in [4.78, 5) is 11.9. The van der Waals surface area contributed by atoms with Gasteiger partial charge in [-0.25, -0.2) is 8.42 Å². The Kier molecular flexibility index (Phi) is 4.27. The van der Waals surface area contributed by atoms with E-state index < -0.39 is 19.8 Å². The molecular formula is C11H13BrO3S. The van der Waals surface area contributed by atoms with E-state index in [2.05, 4.69) is 15.9 Å². The summed E-state index contributed by atoms with van der Waals surface area (Å²) >= 11 is 2.96. The Bertz CT molecular complexity index is 494. The molecule has 0 aliphatic carbocycles. The Hall–Kier alpha value is -0.680. The molecule has 1 aromatic carbocycles. The van der Waals surface area contributed by atoms with Crippen LogP contribution in [0.5, 0.6) is 0 Å². The smallest absolute Gasteiger partial charge is 0.191 e. The molecule has 16 heavy (non-hydrogen) atoms. The zero-order valence-corrected chi connectivity index (χ0v) is 11.5. The van der Waals surface area contributed by atoms with Gasteiger partial charge in [0, 0.05) is 11.3 Å². The maximum absolute atomic E-state index is 11.9. The van der Waals surface area contributed by atoms with Gasteiger partial charge in [0.1, 0.15) is 0 Å². The fraction of sp³-hybridized carbons (Fsp3) is 0.364. The number of rotatable bonds is 4. The fourth-order valence-electron chi connectivity index (χ4n) is 1.28. The van der Waals surface area contributed by atoms with E-state index in [0.717, 1.165) is 5.56 Å². The van der Waals surface area contributed by atoms with Crippen LogP contribution in [0.1, 0.15) is 22.8 Å². The minimum absolute atomic E-state index is 0.0550. The average molecular weight is 305 g/mol. The lowest BCUT2D eigenvalue weighted by molar-refractivity contribution is 0.101. The zero-order chi connectivity index (χ0) is 12.3. The van der Waals surface area contributed by atoms with Gasteiger partial charge < -0.3 is 0 Å². The van der Waals surface area contributed by atoms with E-state index in [1.54, 1.807) is 25.1 Å². The summed E-state index contributed by atoms with van der Waals surface area (Å²) in [6, 6.07) is 6.95. The first-order chi connectivity index (χ1) is 7.40. The van der Waals surface area contributed by atoms with Crippen LogP contribution in [0.4, 0.5) is 0 Å².